The van der Waals surface area contributed by atoms with Crippen LogP contribution in [0.3, 0.4) is 0 Å². The molecule has 3 fully saturated rings. The second kappa shape index (κ2) is 5.08. The fraction of sp³-hybridized carbons (Fsp3) is 0.842. The first-order valence-electron chi connectivity index (χ1n) is 8.99. The summed E-state index contributed by atoms with van der Waals surface area (Å²) in [5, 5.41) is 10.5. The molecule has 0 bridgehead atoms. The first kappa shape index (κ1) is 15.2. The quantitative estimate of drug-likeness (QED) is 0.738. The SMILES string of the molecule is C[C@]12CC[C@H]3[C@@H](CCC4=CC(=O)CC[C@@]43CCl)[C@@H]1CC[C@H]2O. The highest BCUT2D eigenvalue weighted by Gasteiger charge is 2.59. The lowest BCUT2D eigenvalue weighted by atomic mass is 9.47. The van der Waals surface area contributed by atoms with E-state index < -0.39 is 0 Å². The highest BCUT2D eigenvalue weighted by Crippen LogP contribution is 2.65. The molecule has 0 amide bonds. The van der Waals surface area contributed by atoms with Crippen LogP contribution >= 0.6 is 11.6 Å². The minimum Gasteiger partial charge on any atom is -0.393 e. The predicted molar refractivity (Wildman–Crippen MR) is 87.8 cm³/mol. The Balaban J connectivity index is 1.71. The molecule has 6 atom stereocenters. The average Bonchev–Trinajstić information content (AvgIpc) is 2.82. The van der Waals surface area contributed by atoms with Crippen LogP contribution in [0.15, 0.2) is 11.6 Å². The number of allylic oxidation sites excluding steroid dienone is 1. The standard InChI is InChI=1S/C19H27ClO2/c1-18-8-7-16-14(15(18)4-5-17(18)22)3-2-12-10-13(21)6-9-19(12,16)11-20/h10,14-17,22H,2-9,11H2,1H3/t14-,15-,16-,17+,18-,19+/m0/s1. The lowest BCUT2D eigenvalue weighted by molar-refractivity contribution is -0.117. The normalized spacial score (nSPS) is 50.9. The largest absolute Gasteiger partial charge is 0.393 e. The van der Waals surface area contributed by atoms with E-state index in [0.717, 1.165) is 25.7 Å². The maximum atomic E-state index is 11.9. The molecule has 4 aliphatic rings. The minimum atomic E-state index is -0.115. The summed E-state index contributed by atoms with van der Waals surface area (Å²) in [4.78, 5) is 11.9. The van der Waals surface area contributed by atoms with E-state index in [9.17, 15) is 9.90 Å². The van der Waals surface area contributed by atoms with E-state index in [2.05, 4.69) is 6.92 Å². The van der Waals surface area contributed by atoms with Crippen molar-refractivity contribution < 1.29 is 9.90 Å². The van der Waals surface area contributed by atoms with Crippen molar-refractivity contribution in [3.63, 3.8) is 0 Å². The Morgan fingerprint density at radius 1 is 1.18 bits per heavy atom. The van der Waals surface area contributed by atoms with Crippen molar-refractivity contribution in [1.82, 2.24) is 0 Å². The molecule has 4 rings (SSSR count). The second-order valence-electron chi connectivity index (χ2n) is 8.48. The fourth-order valence-corrected chi connectivity index (χ4v) is 7.09. The summed E-state index contributed by atoms with van der Waals surface area (Å²) >= 11 is 6.52. The van der Waals surface area contributed by atoms with Crippen LogP contribution < -0.4 is 0 Å². The maximum absolute atomic E-state index is 11.9. The summed E-state index contributed by atoms with van der Waals surface area (Å²) in [7, 11) is 0. The summed E-state index contributed by atoms with van der Waals surface area (Å²) < 4.78 is 0. The molecular formula is C19H27ClO2. The van der Waals surface area contributed by atoms with Crippen molar-refractivity contribution in [2.24, 2.45) is 28.6 Å². The zero-order valence-corrected chi connectivity index (χ0v) is 14.2. The molecule has 0 aromatic heterocycles. The number of hydrogen-bond acceptors (Lipinski definition) is 2. The zero-order valence-electron chi connectivity index (χ0n) is 13.5. The molecule has 0 radical (unpaired) electrons. The minimum absolute atomic E-state index is 0.0766. The Labute approximate surface area is 138 Å². The molecule has 3 saturated carbocycles. The van der Waals surface area contributed by atoms with E-state index in [4.69, 9.17) is 11.6 Å². The molecule has 0 aromatic rings. The van der Waals surface area contributed by atoms with Crippen LogP contribution in [-0.2, 0) is 4.79 Å². The van der Waals surface area contributed by atoms with Crippen molar-refractivity contribution in [2.45, 2.75) is 64.4 Å². The molecule has 0 saturated heterocycles. The van der Waals surface area contributed by atoms with Crippen LogP contribution in [0.2, 0.25) is 0 Å². The van der Waals surface area contributed by atoms with Crippen LogP contribution in [0.1, 0.15) is 58.3 Å². The van der Waals surface area contributed by atoms with Crippen molar-refractivity contribution in [1.29, 1.82) is 0 Å². The molecule has 3 heteroatoms. The van der Waals surface area contributed by atoms with Gasteiger partial charge in [-0.25, -0.2) is 0 Å². The summed E-state index contributed by atoms with van der Waals surface area (Å²) in [6.45, 7) is 2.31. The van der Waals surface area contributed by atoms with Gasteiger partial charge in [0.1, 0.15) is 0 Å². The third kappa shape index (κ3) is 1.86. The van der Waals surface area contributed by atoms with E-state index in [1.165, 1.54) is 24.8 Å². The van der Waals surface area contributed by atoms with E-state index >= 15 is 0 Å². The topological polar surface area (TPSA) is 37.3 Å². The molecule has 0 aliphatic heterocycles. The van der Waals surface area contributed by atoms with E-state index in [0.29, 0.717) is 35.8 Å². The van der Waals surface area contributed by atoms with Gasteiger partial charge in [-0.1, -0.05) is 12.5 Å². The Bertz CT molecular complexity index is 528. The third-order valence-corrected chi connectivity index (χ3v) is 8.35. The Morgan fingerprint density at radius 2 is 2.00 bits per heavy atom. The van der Waals surface area contributed by atoms with Crippen molar-refractivity contribution in [3.8, 4) is 0 Å². The van der Waals surface area contributed by atoms with Crippen LogP contribution in [0.25, 0.3) is 0 Å². The van der Waals surface area contributed by atoms with Crippen LogP contribution in [0.5, 0.6) is 0 Å². The summed E-state index contributed by atoms with van der Waals surface area (Å²) in [6, 6.07) is 0. The highest BCUT2D eigenvalue weighted by atomic mass is 35.5. The Kier molecular flexibility index (Phi) is 3.51. The van der Waals surface area contributed by atoms with E-state index in [-0.39, 0.29) is 16.9 Å². The van der Waals surface area contributed by atoms with Gasteiger partial charge in [-0.2, -0.15) is 0 Å². The second-order valence-corrected chi connectivity index (χ2v) is 8.75. The number of halogens is 1. The molecule has 2 nitrogen and oxygen atoms in total. The Hall–Kier alpha value is -0.340. The molecule has 1 N–H and O–H groups in total. The van der Waals surface area contributed by atoms with Gasteiger partial charge in [0.15, 0.2) is 5.78 Å². The first-order valence-corrected chi connectivity index (χ1v) is 9.52. The number of aliphatic hydroxyl groups excluding tert-OH is 1. The van der Waals surface area contributed by atoms with Crippen molar-refractivity contribution >= 4 is 17.4 Å². The van der Waals surface area contributed by atoms with E-state index in [1.54, 1.807) is 0 Å². The lowest BCUT2D eigenvalue weighted by Gasteiger charge is -2.58. The van der Waals surface area contributed by atoms with Gasteiger partial charge < -0.3 is 5.11 Å². The molecule has 4 aliphatic carbocycles. The van der Waals surface area contributed by atoms with Gasteiger partial charge in [0.2, 0.25) is 0 Å². The zero-order chi connectivity index (χ0) is 15.5. The lowest BCUT2D eigenvalue weighted by Crippen LogP contribution is -2.52. The van der Waals surface area contributed by atoms with Crippen molar-refractivity contribution in [3.05, 3.63) is 11.6 Å². The molecule has 0 heterocycles. The maximum Gasteiger partial charge on any atom is 0.155 e. The highest BCUT2D eigenvalue weighted by molar-refractivity contribution is 6.18. The predicted octanol–water partition coefficient (Wildman–Crippen LogP) is 4.10. The number of carbonyl (C=O) groups excluding carboxylic acids is 1. The van der Waals surface area contributed by atoms with Crippen LogP contribution in [0, 0.1) is 28.6 Å². The van der Waals surface area contributed by atoms with Gasteiger partial charge in [0, 0.05) is 17.7 Å². The summed E-state index contributed by atoms with van der Waals surface area (Å²) in [5.41, 5.74) is 1.55. The summed E-state index contributed by atoms with van der Waals surface area (Å²) in [5.74, 6) is 2.94. The van der Waals surface area contributed by atoms with Gasteiger partial charge in [0.05, 0.1) is 6.10 Å². The molecular weight excluding hydrogens is 296 g/mol. The number of carbonyl (C=O) groups is 1. The monoisotopic (exact) mass is 322 g/mol. The number of fused-ring (bicyclic) bond motifs is 5. The molecule has 22 heavy (non-hydrogen) atoms. The smallest absolute Gasteiger partial charge is 0.155 e. The molecule has 0 spiro atoms. The Morgan fingerprint density at radius 3 is 2.77 bits per heavy atom. The van der Waals surface area contributed by atoms with E-state index in [1.807, 2.05) is 6.08 Å². The molecule has 0 aromatic carbocycles. The number of aliphatic hydroxyl groups is 1. The molecule has 122 valence electrons. The number of hydrogen-bond donors (Lipinski definition) is 1. The molecule has 0 unspecified atom stereocenters. The van der Waals surface area contributed by atoms with Gasteiger partial charge >= 0.3 is 0 Å². The summed E-state index contributed by atoms with van der Waals surface area (Å²) in [6.07, 6.45) is 10.1. The number of alkyl halides is 1. The van der Waals surface area contributed by atoms with Crippen LogP contribution in [0.4, 0.5) is 0 Å². The van der Waals surface area contributed by atoms with Gasteiger partial charge in [-0.05, 0) is 74.2 Å². The van der Waals surface area contributed by atoms with Crippen molar-refractivity contribution in [2.75, 3.05) is 5.88 Å². The third-order valence-electron chi connectivity index (χ3n) is 7.87. The first-order chi connectivity index (χ1) is 10.5. The number of rotatable bonds is 1. The fourth-order valence-electron chi connectivity index (χ4n) is 6.58. The average molecular weight is 323 g/mol. The van der Waals surface area contributed by atoms with Gasteiger partial charge in [0.25, 0.3) is 0 Å². The van der Waals surface area contributed by atoms with Crippen LogP contribution in [-0.4, -0.2) is 22.9 Å². The number of ketones is 1. The van der Waals surface area contributed by atoms with Gasteiger partial charge in [-0.15, -0.1) is 11.6 Å². The van der Waals surface area contributed by atoms with Gasteiger partial charge in [-0.3, -0.25) is 4.79 Å².